The first-order valence-electron chi connectivity index (χ1n) is 8.77. The molecule has 8 heteroatoms. The summed E-state index contributed by atoms with van der Waals surface area (Å²) in [5.74, 6) is -0.274. The van der Waals surface area contributed by atoms with Crippen LogP contribution < -0.4 is 5.32 Å². The van der Waals surface area contributed by atoms with Gasteiger partial charge in [0.25, 0.3) is 11.6 Å². The molecule has 2 aromatic carbocycles. The summed E-state index contributed by atoms with van der Waals surface area (Å²) in [6, 6.07) is 17.1. The number of carbonyl (C=O) groups is 1. The zero-order valence-corrected chi connectivity index (χ0v) is 15.4. The number of benzene rings is 2. The summed E-state index contributed by atoms with van der Waals surface area (Å²) < 4.78 is 6.49. The van der Waals surface area contributed by atoms with Crippen LogP contribution in [0.15, 0.2) is 60.7 Å². The molecule has 1 amide bonds. The van der Waals surface area contributed by atoms with Crippen molar-refractivity contribution in [2.45, 2.75) is 6.42 Å². The van der Waals surface area contributed by atoms with Crippen LogP contribution in [-0.4, -0.2) is 40.9 Å². The van der Waals surface area contributed by atoms with Crippen LogP contribution in [0.3, 0.4) is 0 Å². The van der Waals surface area contributed by atoms with Gasteiger partial charge in [0.05, 0.1) is 16.3 Å². The lowest BCUT2D eigenvalue weighted by atomic mass is 10.1. The first-order valence-corrected chi connectivity index (χ1v) is 8.77. The molecule has 0 aliphatic carbocycles. The Bertz CT molecular complexity index is 952. The number of aromatic nitrogens is 2. The maximum absolute atomic E-state index is 12.7. The van der Waals surface area contributed by atoms with E-state index < -0.39 is 4.92 Å². The second-order valence-electron chi connectivity index (χ2n) is 6.07. The minimum absolute atomic E-state index is 0.0234. The summed E-state index contributed by atoms with van der Waals surface area (Å²) in [7, 11) is 1.61. The molecule has 0 unspecified atom stereocenters. The fourth-order valence-electron chi connectivity index (χ4n) is 2.71. The van der Waals surface area contributed by atoms with Crippen LogP contribution in [0, 0.1) is 10.1 Å². The van der Waals surface area contributed by atoms with Crippen LogP contribution >= 0.6 is 0 Å². The Kier molecular flexibility index (Phi) is 6.13. The molecule has 28 heavy (non-hydrogen) atoms. The maximum Gasteiger partial charge on any atom is 0.270 e. The molecule has 0 bridgehead atoms. The number of non-ortho nitro benzene ring substituents is 1. The van der Waals surface area contributed by atoms with Gasteiger partial charge in [-0.15, -0.1) is 0 Å². The van der Waals surface area contributed by atoms with Gasteiger partial charge in [0, 0.05) is 38.0 Å². The number of hydrogen-bond donors (Lipinski definition) is 1. The van der Waals surface area contributed by atoms with Crippen molar-refractivity contribution < 1.29 is 14.5 Å². The van der Waals surface area contributed by atoms with Crippen LogP contribution in [0.25, 0.3) is 16.9 Å². The predicted octanol–water partition coefficient (Wildman–Crippen LogP) is 3.21. The molecule has 1 aromatic heterocycles. The molecular weight excluding hydrogens is 360 g/mol. The standard InChI is InChI=1S/C20H20N4O4/c1-28-13-5-12-21-20(25)19-14-18(15-6-3-2-4-7-15)22-23(19)16-8-10-17(11-9-16)24(26)27/h2-4,6-11,14H,5,12-13H2,1H3,(H,21,25). The molecule has 0 fully saturated rings. The number of amides is 1. The predicted molar refractivity (Wildman–Crippen MR) is 104 cm³/mol. The monoisotopic (exact) mass is 380 g/mol. The number of carbonyl (C=O) groups excluding carboxylic acids is 1. The van der Waals surface area contributed by atoms with Gasteiger partial charge in [0.15, 0.2) is 0 Å². The van der Waals surface area contributed by atoms with E-state index in [9.17, 15) is 14.9 Å². The summed E-state index contributed by atoms with van der Waals surface area (Å²) in [6.07, 6.45) is 0.694. The molecule has 3 aromatic rings. The van der Waals surface area contributed by atoms with Crippen molar-refractivity contribution in [1.29, 1.82) is 0 Å². The Balaban J connectivity index is 1.95. The van der Waals surface area contributed by atoms with E-state index in [1.165, 1.54) is 16.8 Å². The second kappa shape index (κ2) is 8.92. The van der Waals surface area contributed by atoms with E-state index in [0.717, 1.165) is 5.56 Å². The average molecular weight is 380 g/mol. The number of nitrogens with zero attached hydrogens (tertiary/aromatic N) is 3. The van der Waals surface area contributed by atoms with Gasteiger partial charge >= 0.3 is 0 Å². The molecule has 0 radical (unpaired) electrons. The zero-order chi connectivity index (χ0) is 19.9. The lowest BCUT2D eigenvalue weighted by molar-refractivity contribution is -0.384. The molecule has 0 aliphatic rings. The Morgan fingerprint density at radius 3 is 2.54 bits per heavy atom. The van der Waals surface area contributed by atoms with Crippen LogP contribution in [0.1, 0.15) is 16.9 Å². The topological polar surface area (TPSA) is 99.3 Å². The van der Waals surface area contributed by atoms with E-state index in [2.05, 4.69) is 10.4 Å². The Labute approximate surface area is 161 Å². The normalized spacial score (nSPS) is 10.6. The van der Waals surface area contributed by atoms with Crippen molar-refractivity contribution in [2.24, 2.45) is 0 Å². The third-order valence-corrected chi connectivity index (χ3v) is 4.13. The number of nitro benzene ring substituents is 1. The second-order valence-corrected chi connectivity index (χ2v) is 6.07. The minimum atomic E-state index is -0.467. The highest BCUT2D eigenvalue weighted by Crippen LogP contribution is 2.23. The Morgan fingerprint density at radius 1 is 1.18 bits per heavy atom. The molecule has 0 atom stereocenters. The van der Waals surface area contributed by atoms with Crippen LogP contribution in [0.2, 0.25) is 0 Å². The van der Waals surface area contributed by atoms with Crippen molar-refractivity contribution in [3.05, 3.63) is 76.5 Å². The maximum atomic E-state index is 12.7. The molecule has 1 heterocycles. The zero-order valence-electron chi connectivity index (χ0n) is 15.4. The molecule has 0 saturated carbocycles. The van der Waals surface area contributed by atoms with Gasteiger partial charge in [-0.2, -0.15) is 5.10 Å². The minimum Gasteiger partial charge on any atom is -0.385 e. The van der Waals surface area contributed by atoms with E-state index in [0.29, 0.717) is 36.6 Å². The van der Waals surface area contributed by atoms with Gasteiger partial charge in [-0.3, -0.25) is 14.9 Å². The Hall–Kier alpha value is -3.52. The van der Waals surface area contributed by atoms with E-state index >= 15 is 0 Å². The van der Waals surface area contributed by atoms with Crippen molar-refractivity contribution in [3.63, 3.8) is 0 Å². The van der Waals surface area contributed by atoms with Gasteiger partial charge in [0.1, 0.15) is 5.69 Å². The smallest absolute Gasteiger partial charge is 0.270 e. The van der Waals surface area contributed by atoms with Crippen molar-refractivity contribution in [3.8, 4) is 16.9 Å². The molecule has 8 nitrogen and oxygen atoms in total. The van der Waals surface area contributed by atoms with E-state index in [1.54, 1.807) is 25.3 Å². The van der Waals surface area contributed by atoms with Crippen molar-refractivity contribution in [2.75, 3.05) is 20.3 Å². The first kappa shape index (κ1) is 19.2. The third-order valence-electron chi connectivity index (χ3n) is 4.13. The highest BCUT2D eigenvalue weighted by molar-refractivity contribution is 5.94. The fraction of sp³-hybridized carbons (Fsp3) is 0.200. The summed E-state index contributed by atoms with van der Waals surface area (Å²) >= 11 is 0. The molecule has 1 N–H and O–H groups in total. The van der Waals surface area contributed by atoms with Gasteiger partial charge < -0.3 is 10.1 Å². The first-order chi connectivity index (χ1) is 13.6. The third kappa shape index (κ3) is 4.41. The van der Waals surface area contributed by atoms with Crippen LogP contribution in [0.4, 0.5) is 5.69 Å². The number of nitro groups is 1. The molecule has 0 saturated heterocycles. The van der Waals surface area contributed by atoms with Gasteiger partial charge in [0.2, 0.25) is 0 Å². The lowest BCUT2D eigenvalue weighted by Gasteiger charge is -2.08. The van der Waals surface area contributed by atoms with Crippen molar-refractivity contribution in [1.82, 2.24) is 15.1 Å². The summed E-state index contributed by atoms with van der Waals surface area (Å²) in [5, 5.41) is 18.3. The summed E-state index contributed by atoms with van der Waals surface area (Å²) in [4.78, 5) is 23.1. The van der Waals surface area contributed by atoms with Crippen LogP contribution in [-0.2, 0) is 4.74 Å². The number of hydrogen-bond acceptors (Lipinski definition) is 5. The van der Waals surface area contributed by atoms with Gasteiger partial charge in [-0.05, 0) is 24.6 Å². The van der Waals surface area contributed by atoms with Crippen molar-refractivity contribution >= 4 is 11.6 Å². The molecule has 144 valence electrons. The van der Waals surface area contributed by atoms with E-state index in [-0.39, 0.29) is 11.6 Å². The van der Waals surface area contributed by atoms with Gasteiger partial charge in [-0.1, -0.05) is 30.3 Å². The highest BCUT2D eigenvalue weighted by Gasteiger charge is 2.18. The molecule has 0 spiro atoms. The summed E-state index contributed by atoms with van der Waals surface area (Å²) in [5.41, 5.74) is 2.40. The van der Waals surface area contributed by atoms with Crippen LogP contribution in [0.5, 0.6) is 0 Å². The number of nitrogens with one attached hydrogen (secondary N) is 1. The number of ether oxygens (including phenoxy) is 1. The lowest BCUT2D eigenvalue weighted by Crippen LogP contribution is -2.27. The fourth-order valence-corrected chi connectivity index (χ4v) is 2.71. The van der Waals surface area contributed by atoms with Gasteiger partial charge in [-0.25, -0.2) is 4.68 Å². The largest absolute Gasteiger partial charge is 0.385 e. The molecule has 3 rings (SSSR count). The number of rotatable bonds is 8. The SMILES string of the molecule is COCCCNC(=O)c1cc(-c2ccccc2)nn1-c1ccc([N+](=O)[O-])cc1. The average Bonchev–Trinajstić information content (AvgIpc) is 3.17. The Morgan fingerprint density at radius 2 is 1.89 bits per heavy atom. The molecule has 0 aliphatic heterocycles. The van der Waals surface area contributed by atoms with E-state index in [4.69, 9.17) is 4.74 Å². The summed E-state index contributed by atoms with van der Waals surface area (Å²) in [6.45, 7) is 1.02. The molecular formula is C20H20N4O4. The highest BCUT2D eigenvalue weighted by atomic mass is 16.6. The van der Waals surface area contributed by atoms with E-state index in [1.807, 2.05) is 30.3 Å². The number of methoxy groups -OCH3 is 1. The quantitative estimate of drug-likeness (QED) is 0.367.